The van der Waals surface area contributed by atoms with E-state index in [4.69, 9.17) is 0 Å². The molecule has 2 rings (SSSR count). The molecule has 0 atom stereocenters. The first-order chi connectivity index (χ1) is 8.99. The van der Waals surface area contributed by atoms with E-state index in [0.29, 0.717) is 29.2 Å². The van der Waals surface area contributed by atoms with E-state index in [-0.39, 0.29) is 11.7 Å². The van der Waals surface area contributed by atoms with Gasteiger partial charge in [0.15, 0.2) is 0 Å². The maximum absolute atomic E-state index is 13.2. The summed E-state index contributed by atoms with van der Waals surface area (Å²) in [4.78, 5) is 16.5. The summed E-state index contributed by atoms with van der Waals surface area (Å²) in [5.74, 6) is -0.484. The van der Waals surface area contributed by atoms with Crippen LogP contribution in [0.5, 0.6) is 0 Å². The molecule has 0 saturated carbocycles. The summed E-state index contributed by atoms with van der Waals surface area (Å²) in [6.07, 6.45) is 0. The van der Waals surface area contributed by atoms with Gasteiger partial charge in [0.25, 0.3) is 5.91 Å². The van der Waals surface area contributed by atoms with Crippen LogP contribution in [0.1, 0.15) is 24.2 Å². The summed E-state index contributed by atoms with van der Waals surface area (Å²) in [6, 6.07) is 4.71. The van der Waals surface area contributed by atoms with Crippen LogP contribution in [-0.2, 0) is 0 Å². The predicted molar refractivity (Wildman–Crippen MR) is 76.7 cm³/mol. The van der Waals surface area contributed by atoms with Gasteiger partial charge < -0.3 is 4.90 Å². The monoisotopic (exact) mass is 328 g/mol. The number of nitrogens with zero attached hydrogens (tertiary/aromatic N) is 2. The Morgan fingerprint density at radius 3 is 2.47 bits per heavy atom. The molecule has 0 aliphatic carbocycles. The molecule has 0 bridgehead atoms. The molecule has 0 radical (unpaired) electrons. The van der Waals surface area contributed by atoms with Crippen LogP contribution in [0.3, 0.4) is 0 Å². The van der Waals surface area contributed by atoms with Crippen LogP contribution in [0.15, 0.2) is 22.7 Å². The van der Waals surface area contributed by atoms with Crippen LogP contribution in [0, 0.1) is 5.82 Å². The van der Waals surface area contributed by atoms with E-state index < -0.39 is 0 Å². The first-order valence-corrected chi connectivity index (χ1v) is 7.26. The zero-order valence-electron chi connectivity index (χ0n) is 11.2. The summed E-state index contributed by atoms with van der Waals surface area (Å²) < 4.78 is 13.9. The van der Waals surface area contributed by atoms with Gasteiger partial charge in [0, 0.05) is 36.7 Å². The van der Waals surface area contributed by atoms with Crippen molar-refractivity contribution in [3.8, 4) is 0 Å². The number of amides is 1. The van der Waals surface area contributed by atoms with Gasteiger partial charge in [0.2, 0.25) is 0 Å². The van der Waals surface area contributed by atoms with Crippen LogP contribution >= 0.6 is 15.9 Å². The average molecular weight is 329 g/mol. The highest BCUT2D eigenvalue weighted by molar-refractivity contribution is 9.10. The Hall–Kier alpha value is -0.940. The van der Waals surface area contributed by atoms with E-state index in [1.165, 1.54) is 12.1 Å². The fourth-order valence-electron chi connectivity index (χ4n) is 2.27. The van der Waals surface area contributed by atoms with E-state index in [0.717, 1.165) is 13.1 Å². The SMILES string of the molecule is CC(C)N1CCN(C(=O)c2cc(F)ccc2Br)CC1. The lowest BCUT2D eigenvalue weighted by Gasteiger charge is -2.37. The third-order valence-electron chi connectivity index (χ3n) is 3.49. The van der Waals surface area contributed by atoms with Crippen LogP contribution in [-0.4, -0.2) is 47.9 Å². The summed E-state index contributed by atoms with van der Waals surface area (Å²) in [5, 5.41) is 0. The fraction of sp³-hybridized carbons (Fsp3) is 0.500. The van der Waals surface area contributed by atoms with Gasteiger partial charge in [-0.05, 0) is 48.0 Å². The highest BCUT2D eigenvalue weighted by atomic mass is 79.9. The maximum Gasteiger partial charge on any atom is 0.255 e. The molecule has 0 N–H and O–H groups in total. The topological polar surface area (TPSA) is 23.6 Å². The number of benzene rings is 1. The van der Waals surface area contributed by atoms with Crippen LogP contribution in [0.2, 0.25) is 0 Å². The van der Waals surface area contributed by atoms with E-state index >= 15 is 0 Å². The van der Waals surface area contributed by atoms with Gasteiger partial charge in [-0.3, -0.25) is 9.69 Å². The Labute approximate surface area is 121 Å². The first kappa shape index (κ1) is 14.5. The molecular weight excluding hydrogens is 311 g/mol. The average Bonchev–Trinajstić information content (AvgIpc) is 2.41. The lowest BCUT2D eigenvalue weighted by molar-refractivity contribution is 0.0594. The van der Waals surface area contributed by atoms with Gasteiger partial charge in [-0.2, -0.15) is 0 Å². The standard InChI is InChI=1S/C14H18BrFN2O/c1-10(2)17-5-7-18(8-6-17)14(19)12-9-11(16)3-4-13(12)15/h3-4,9-10H,5-8H2,1-2H3. The Bertz CT molecular complexity index is 471. The summed E-state index contributed by atoms with van der Waals surface area (Å²) in [6.45, 7) is 7.44. The van der Waals surface area contributed by atoms with E-state index in [1.54, 1.807) is 11.0 Å². The highest BCUT2D eigenvalue weighted by Gasteiger charge is 2.24. The molecule has 1 amide bonds. The first-order valence-electron chi connectivity index (χ1n) is 6.47. The van der Waals surface area contributed by atoms with Crippen molar-refractivity contribution in [1.82, 2.24) is 9.80 Å². The smallest absolute Gasteiger partial charge is 0.255 e. The molecule has 1 aromatic rings. The Kier molecular flexibility index (Phi) is 4.58. The summed E-state index contributed by atoms with van der Waals surface area (Å²) in [5.41, 5.74) is 0.401. The molecule has 0 aromatic heterocycles. The minimum absolute atomic E-state index is 0.102. The van der Waals surface area contributed by atoms with Crippen molar-refractivity contribution < 1.29 is 9.18 Å². The van der Waals surface area contributed by atoms with Crippen molar-refractivity contribution in [2.24, 2.45) is 0 Å². The third kappa shape index (κ3) is 3.34. The molecule has 0 unspecified atom stereocenters. The zero-order valence-corrected chi connectivity index (χ0v) is 12.8. The lowest BCUT2D eigenvalue weighted by atomic mass is 10.1. The minimum Gasteiger partial charge on any atom is -0.336 e. The normalized spacial score (nSPS) is 17.0. The number of carbonyl (C=O) groups is 1. The maximum atomic E-state index is 13.2. The molecule has 104 valence electrons. The molecule has 19 heavy (non-hydrogen) atoms. The lowest BCUT2D eigenvalue weighted by Crippen LogP contribution is -2.50. The number of hydrogen-bond donors (Lipinski definition) is 0. The molecule has 1 fully saturated rings. The van der Waals surface area contributed by atoms with E-state index in [1.807, 2.05) is 0 Å². The highest BCUT2D eigenvalue weighted by Crippen LogP contribution is 2.20. The minimum atomic E-state index is -0.382. The van der Waals surface area contributed by atoms with Gasteiger partial charge in [-0.25, -0.2) is 4.39 Å². The zero-order chi connectivity index (χ0) is 14.0. The van der Waals surface area contributed by atoms with E-state index in [2.05, 4.69) is 34.7 Å². The number of halogens is 2. The van der Waals surface area contributed by atoms with Gasteiger partial charge in [-0.15, -0.1) is 0 Å². The van der Waals surface area contributed by atoms with Crippen molar-refractivity contribution in [3.63, 3.8) is 0 Å². The van der Waals surface area contributed by atoms with Crippen molar-refractivity contribution in [2.45, 2.75) is 19.9 Å². The van der Waals surface area contributed by atoms with Crippen LogP contribution in [0.25, 0.3) is 0 Å². The van der Waals surface area contributed by atoms with Gasteiger partial charge >= 0.3 is 0 Å². The predicted octanol–water partition coefficient (Wildman–Crippen LogP) is 2.75. The third-order valence-corrected chi connectivity index (χ3v) is 4.18. The fourth-order valence-corrected chi connectivity index (χ4v) is 2.69. The van der Waals surface area contributed by atoms with Crippen molar-refractivity contribution in [2.75, 3.05) is 26.2 Å². The van der Waals surface area contributed by atoms with Crippen molar-refractivity contribution in [3.05, 3.63) is 34.1 Å². The molecule has 1 aliphatic rings. The second kappa shape index (κ2) is 6.01. The number of piperazine rings is 1. The number of carbonyl (C=O) groups excluding carboxylic acids is 1. The van der Waals surface area contributed by atoms with Gasteiger partial charge in [-0.1, -0.05) is 0 Å². The van der Waals surface area contributed by atoms with Crippen molar-refractivity contribution in [1.29, 1.82) is 0 Å². The summed E-state index contributed by atoms with van der Waals surface area (Å²) in [7, 11) is 0. The summed E-state index contributed by atoms with van der Waals surface area (Å²) >= 11 is 3.31. The number of rotatable bonds is 2. The molecule has 5 heteroatoms. The Balaban J connectivity index is 2.07. The van der Waals surface area contributed by atoms with Crippen molar-refractivity contribution >= 4 is 21.8 Å². The van der Waals surface area contributed by atoms with E-state index in [9.17, 15) is 9.18 Å². The number of hydrogen-bond acceptors (Lipinski definition) is 2. The molecule has 1 saturated heterocycles. The molecule has 1 heterocycles. The van der Waals surface area contributed by atoms with Crippen LogP contribution < -0.4 is 0 Å². The molecule has 1 aromatic carbocycles. The largest absolute Gasteiger partial charge is 0.336 e. The second-order valence-electron chi connectivity index (χ2n) is 5.05. The van der Waals surface area contributed by atoms with Gasteiger partial charge in [0.1, 0.15) is 5.82 Å². The molecular formula is C14H18BrFN2O. The van der Waals surface area contributed by atoms with Gasteiger partial charge in [0.05, 0.1) is 5.56 Å². The Morgan fingerprint density at radius 2 is 1.89 bits per heavy atom. The quantitative estimate of drug-likeness (QED) is 0.833. The molecule has 3 nitrogen and oxygen atoms in total. The molecule has 1 aliphatic heterocycles. The Morgan fingerprint density at radius 1 is 1.26 bits per heavy atom. The second-order valence-corrected chi connectivity index (χ2v) is 5.90. The van der Waals surface area contributed by atoms with Crippen LogP contribution in [0.4, 0.5) is 4.39 Å². The molecule has 0 spiro atoms.